The van der Waals surface area contributed by atoms with E-state index in [1.54, 1.807) is 0 Å². The van der Waals surface area contributed by atoms with Crippen molar-refractivity contribution in [3.05, 3.63) is 35.4 Å². The smallest absolute Gasteiger partial charge is 0.132 e. The van der Waals surface area contributed by atoms with Gasteiger partial charge in [-0.2, -0.15) is 0 Å². The van der Waals surface area contributed by atoms with Gasteiger partial charge in [0.05, 0.1) is 0 Å². The molecular weight excluding hydrogens is 278 g/mol. The van der Waals surface area contributed by atoms with Gasteiger partial charge in [0, 0.05) is 0 Å². The van der Waals surface area contributed by atoms with Crippen LogP contribution in [0.1, 0.15) is 81.3 Å². The van der Waals surface area contributed by atoms with Gasteiger partial charge in [-0.3, -0.25) is 0 Å². The summed E-state index contributed by atoms with van der Waals surface area (Å²) in [4.78, 5) is 0. The Morgan fingerprint density at radius 2 is 1.32 bits per heavy atom. The van der Waals surface area contributed by atoms with Gasteiger partial charge in [0.25, 0.3) is 0 Å². The Balaban J connectivity index is 1.58. The van der Waals surface area contributed by atoms with Gasteiger partial charge >= 0.3 is 0 Å². The van der Waals surface area contributed by atoms with E-state index in [1.807, 2.05) is 0 Å². The first kappa shape index (κ1) is 16.0. The van der Waals surface area contributed by atoms with Crippen LogP contribution in [0, 0.1) is 5.92 Å². The summed E-state index contributed by atoms with van der Waals surface area (Å²) in [5.74, 6) is 1.69. The van der Waals surface area contributed by atoms with E-state index in [2.05, 4.69) is 31.2 Å². The van der Waals surface area contributed by atoms with Crippen LogP contribution in [0.4, 0.5) is 8.78 Å². The third-order valence-electron chi connectivity index (χ3n) is 5.83. The molecule has 0 amide bonds. The van der Waals surface area contributed by atoms with Crippen molar-refractivity contribution in [3.8, 4) is 0 Å². The van der Waals surface area contributed by atoms with Gasteiger partial charge in [0.1, 0.15) is 12.3 Å². The highest BCUT2D eigenvalue weighted by molar-refractivity contribution is 5.29. The lowest BCUT2D eigenvalue weighted by Crippen LogP contribution is -2.13. The van der Waals surface area contributed by atoms with Crippen LogP contribution in [0.3, 0.4) is 0 Å². The fourth-order valence-electron chi connectivity index (χ4n) is 4.44. The van der Waals surface area contributed by atoms with Crippen molar-refractivity contribution in [1.82, 2.24) is 0 Å². The molecule has 1 aromatic carbocycles. The van der Waals surface area contributed by atoms with Crippen molar-refractivity contribution in [1.29, 1.82) is 0 Å². The summed E-state index contributed by atoms with van der Waals surface area (Å²) in [6.45, 7) is 2.28. The van der Waals surface area contributed by atoms with Crippen LogP contribution in [0.5, 0.6) is 0 Å². The predicted molar refractivity (Wildman–Crippen MR) is 87.8 cm³/mol. The molecule has 22 heavy (non-hydrogen) atoms. The van der Waals surface area contributed by atoms with Crippen LogP contribution < -0.4 is 0 Å². The number of alkyl halides is 2. The highest BCUT2D eigenvalue weighted by Gasteiger charge is 2.35. The second-order valence-corrected chi connectivity index (χ2v) is 7.37. The molecule has 0 N–H and O–H groups in total. The SMILES string of the molecule is CCCC1CCC(c2ccc(C3C[C@H](F)[C@@H](F)C3)cc2)CC1. The fraction of sp³-hybridized carbons (Fsp3) is 0.700. The summed E-state index contributed by atoms with van der Waals surface area (Å²) in [6.07, 6.45) is 6.16. The molecule has 0 heterocycles. The molecule has 0 aliphatic heterocycles. The lowest BCUT2D eigenvalue weighted by Gasteiger charge is -2.28. The molecule has 0 unspecified atom stereocenters. The summed E-state index contributed by atoms with van der Waals surface area (Å²) < 4.78 is 26.7. The molecule has 2 atom stereocenters. The normalized spacial score (nSPS) is 33.2. The Labute approximate surface area is 133 Å². The number of halogens is 2. The minimum Gasteiger partial charge on any atom is -0.244 e. The molecule has 2 aliphatic carbocycles. The van der Waals surface area contributed by atoms with E-state index in [0.717, 1.165) is 11.5 Å². The molecule has 0 aromatic heterocycles. The molecule has 0 bridgehead atoms. The van der Waals surface area contributed by atoms with E-state index < -0.39 is 12.3 Å². The summed E-state index contributed by atoms with van der Waals surface area (Å²) in [6, 6.07) is 8.64. The Kier molecular flexibility index (Phi) is 5.15. The van der Waals surface area contributed by atoms with Crippen LogP contribution >= 0.6 is 0 Å². The van der Waals surface area contributed by atoms with Crippen LogP contribution in [-0.4, -0.2) is 12.3 Å². The van der Waals surface area contributed by atoms with Crippen molar-refractivity contribution in [2.75, 3.05) is 0 Å². The van der Waals surface area contributed by atoms with E-state index >= 15 is 0 Å². The van der Waals surface area contributed by atoms with Gasteiger partial charge in [-0.1, -0.05) is 44.0 Å². The first-order valence-corrected chi connectivity index (χ1v) is 9.05. The standard InChI is InChI=1S/C20H28F2/c1-2-3-14-4-6-15(7-5-14)16-8-10-17(11-9-16)18-12-19(21)20(22)13-18/h8-11,14-15,18-20H,2-7,12-13H2,1H3/t14?,15?,19-,20-/m0/s1. The second-order valence-electron chi connectivity index (χ2n) is 7.37. The van der Waals surface area contributed by atoms with Crippen LogP contribution in [0.15, 0.2) is 24.3 Å². The van der Waals surface area contributed by atoms with Crippen molar-refractivity contribution in [2.24, 2.45) is 5.92 Å². The maximum Gasteiger partial charge on any atom is 0.132 e. The van der Waals surface area contributed by atoms with Gasteiger partial charge in [0.2, 0.25) is 0 Å². The van der Waals surface area contributed by atoms with E-state index in [9.17, 15) is 8.78 Å². The molecule has 3 rings (SSSR count). The Morgan fingerprint density at radius 3 is 1.82 bits per heavy atom. The Bertz CT molecular complexity index is 449. The summed E-state index contributed by atoms with van der Waals surface area (Å²) in [5, 5.41) is 0. The maximum atomic E-state index is 13.3. The van der Waals surface area contributed by atoms with Crippen molar-refractivity contribution < 1.29 is 8.78 Å². The van der Waals surface area contributed by atoms with Crippen molar-refractivity contribution in [3.63, 3.8) is 0 Å². The molecule has 0 spiro atoms. The van der Waals surface area contributed by atoms with Crippen LogP contribution in [0.2, 0.25) is 0 Å². The topological polar surface area (TPSA) is 0 Å². The zero-order chi connectivity index (χ0) is 15.5. The van der Waals surface area contributed by atoms with E-state index in [1.165, 1.54) is 44.1 Å². The molecule has 2 saturated carbocycles. The van der Waals surface area contributed by atoms with E-state index in [4.69, 9.17) is 0 Å². The molecule has 2 heteroatoms. The quantitative estimate of drug-likeness (QED) is 0.611. The summed E-state index contributed by atoms with van der Waals surface area (Å²) in [7, 11) is 0. The van der Waals surface area contributed by atoms with Crippen LogP contribution in [-0.2, 0) is 0 Å². The van der Waals surface area contributed by atoms with Gasteiger partial charge in [-0.25, -0.2) is 8.78 Å². The molecule has 0 saturated heterocycles. The lowest BCUT2D eigenvalue weighted by molar-refractivity contribution is 0.199. The monoisotopic (exact) mass is 306 g/mol. The Morgan fingerprint density at radius 1 is 0.818 bits per heavy atom. The second kappa shape index (κ2) is 7.10. The maximum absolute atomic E-state index is 13.3. The number of benzene rings is 1. The average Bonchev–Trinajstić information content (AvgIpc) is 2.88. The van der Waals surface area contributed by atoms with E-state index in [0.29, 0.717) is 18.8 Å². The minimum atomic E-state index is -1.27. The van der Waals surface area contributed by atoms with E-state index in [-0.39, 0.29) is 5.92 Å². The average molecular weight is 306 g/mol. The molecule has 122 valence electrons. The highest BCUT2D eigenvalue weighted by atomic mass is 19.2. The summed E-state index contributed by atoms with van der Waals surface area (Å²) in [5.41, 5.74) is 2.54. The molecule has 1 aromatic rings. The molecular formula is C20H28F2. The summed E-state index contributed by atoms with van der Waals surface area (Å²) >= 11 is 0. The van der Waals surface area contributed by atoms with Crippen LogP contribution in [0.25, 0.3) is 0 Å². The third-order valence-corrected chi connectivity index (χ3v) is 5.83. The number of hydrogen-bond donors (Lipinski definition) is 0. The zero-order valence-electron chi connectivity index (χ0n) is 13.6. The van der Waals surface area contributed by atoms with Gasteiger partial charge in [0.15, 0.2) is 0 Å². The molecule has 0 radical (unpaired) electrons. The first-order chi connectivity index (χ1) is 10.7. The molecule has 0 nitrogen and oxygen atoms in total. The minimum absolute atomic E-state index is 0.0688. The Hall–Kier alpha value is -0.920. The number of rotatable bonds is 4. The molecule has 2 fully saturated rings. The fourth-order valence-corrected chi connectivity index (χ4v) is 4.44. The van der Waals surface area contributed by atoms with Gasteiger partial charge in [-0.15, -0.1) is 0 Å². The number of hydrogen-bond acceptors (Lipinski definition) is 0. The third kappa shape index (κ3) is 3.52. The lowest BCUT2D eigenvalue weighted by atomic mass is 9.77. The van der Waals surface area contributed by atoms with Crippen molar-refractivity contribution >= 4 is 0 Å². The highest BCUT2D eigenvalue weighted by Crippen LogP contribution is 2.40. The zero-order valence-corrected chi connectivity index (χ0v) is 13.6. The van der Waals surface area contributed by atoms with Gasteiger partial charge in [-0.05, 0) is 67.4 Å². The molecule has 2 aliphatic rings. The first-order valence-electron chi connectivity index (χ1n) is 9.05. The predicted octanol–water partition coefficient (Wildman–Crippen LogP) is 6.31. The van der Waals surface area contributed by atoms with Crippen molar-refractivity contribution in [2.45, 2.75) is 82.5 Å². The van der Waals surface area contributed by atoms with Gasteiger partial charge < -0.3 is 0 Å². The largest absolute Gasteiger partial charge is 0.244 e.